The van der Waals surface area contributed by atoms with E-state index in [1.165, 1.54) is 11.9 Å². The number of fused-ring (bicyclic) bond motifs is 3. The highest BCUT2D eigenvalue weighted by Crippen LogP contribution is 2.58. The van der Waals surface area contributed by atoms with Crippen LogP contribution in [0.1, 0.15) is 24.5 Å². The van der Waals surface area contributed by atoms with Crippen molar-refractivity contribution >= 4 is 11.8 Å². The number of ether oxygens (including phenoxy) is 2. The molecule has 0 bridgehead atoms. The minimum Gasteiger partial charge on any atom is -0.508 e. The molecule has 1 saturated carbocycles. The van der Waals surface area contributed by atoms with Gasteiger partial charge in [-0.15, -0.1) is 0 Å². The molecule has 1 aromatic carbocycles. The van der Waals surface area contributed by atoms with E-state index in [0.29, 0.717) is 12.8 Å². The lowest BCUT2D eigenvalue weighted by Crippen LogP contribution is -2.54. The maximum absolute atomic E-state index is 12.7. The van der Waals surface area contributed by atoms with E-state index >= 15 is 0 Å². The van der Waals surface area contributed by atoms with Gasteiger partial charge in [-0.05, 0) is 30.5 Å². The molecule has 4 rings (SSSR count). The molecule has 2 amide bonds. The van der Waals surface area contributed by atoms with Gasteiger partial charge in [0, 0.05) is 26.0 Å². The first kappa shape index (κ1) is 17.5. The molecule has 2 saturated heterocycles. The molecule has 7 nitrogen and oxygen atoms in total. The number of carbonyl (C=O) groups excluding carboxylic acids is 2. The predicted octanol–water partition coefficient (Wildman–Crippen LogP) is 1.06. The Morgan fingerprint density at radius 2 is 2.08 bits per heavy atom. The van der Waals surface area contributed by atoms with E-state index in [4.69, 9.17) is 9.47 Å². The maximum atomic E-state index is 12.7. The van der Waals surface area contributed by atoms with Crippen LogP contribution in [0, 0.1) is 23.7 Å². The van der Waals surface area contributed by atoms with Gasteiger partial charge in [-0.25, -0.2) is 0 Å². The molecule has 0 unspecified atom stereocenters. The number of carbonyl (C=O) groups is 2. The van der Waals surface area contributed by atoms with Crippen LogP contribution in [0.5, 0.6) is 5.75 Å². The zero-order chi connectivity index (χ0) is 18.6. The van der Waals surface area contributed by atoms with E-state index in [0.717, 1.165) is 5.56 Å². The van der Waals surface area contributed by atoms with E-state index < -0.39 is 35.6 Å². The summed E-state index contributed by atoms with van der Waals surface area (Å²) in [7, 11) is 3.04. The van der Waals surface area contributed by atoms with Crippen LogP contribution in [0.4, 0.5) is 0 Å². The van der Waals surface area contributed by atoms with Crippen molar-refractivity contribution in [3.63, 3.8) is 0 Å². The van der Waals surface area contributed by atoms with Crippen molar-refractivity contribution in [2.45, 2.75) is 24.7 Å². The Morgan fingerprint density at radius 1 is 1.31 bits per heavy atom. The molecule has 1 aromatic rings. The zero-order valence-corrected chi connectivity index (χ0v) is 14.8. The van der Waals surface area contributed by atoms with Crippen LogP contribution in [0.3, 0.4) is 0 Å². The lowest BCUT2D eigenvalue weighted by Gasteiger charge is -2.44. The van der Waals surface area contributed by atoms with E-state index in [-0.39, 0.29) is 24.2 Å². The molecule has 2 aliphatic heterocycles. The molecular formula is C19H23NO6. The van der Waals surface area contributed by atoms with Gasteiger partial charge in [-0.2, -0.15) is 0 Å². The molecule has 0 radical (unpaired) electrons. The van der Waals surface area contributed by atoms with Crippen LogP contribution >= 0.6 is 0 Å². The van der Waals surface area contributed by atoms with Crippen molar-refractivity contribution in [2.75, 3.05) is 20.8 Å². The fourth-order valence-corrected chi connectivity index (χ4v) is 4.97. The Balaban J connectivity index is 1.72. The van der Waals surface area contributed by atoms with Crippen molar-refractivity contribution in [1.29, 1.82) is 0 Å². The second-order valence-electron chi connectivity index (χ2n) is 7.55. The Hall–Kier alpha value is -1.96. The molecule has 140 valence electrons. The summed E-state index contributed by atoms with van der Waals surface area (Å²) in [5, 5.41) is 21.1. The lowest BCUT2D eigenvalue weighted by molar-refractivity contribution is -0.275. The zero-order valence-electron chi connectivity index (χ0n) is 14.8. The molecular weight excluding hydrogens is 338 g/mol. The average molecular weight is 361 g/mol. The van der Waals surface area contributed by atoms with E-state index in [9.17, 15) is 19.8 Å². The quantitative estimate of drug-likeness (QED) is 0.782. The molecule has 2 heterocycles. The summed E-state index contributed by atoms with van der Waals surface area (Å²) < 4.78 is 11.3. The van der Waals surface area contributed by atoms with Crippen molar-refractivity contribution in [3.8, 4) is 5.75 Å². The normalized spacial score (nSPS) is 39.2. The number of hydrogen-bond acceptors (Lipinski definition) is 6. The van der Waals surface area contributed by atoms with Crippen molar-refractivity contribution in [3.05, 3.63) is 29.8 Å². The van der Waals surface area contributed by atoms with Crippen LogP contribution in [-0.4, -0.2) is 53.5 Å². The molecule has 3 aliphatic rings. The Kier molecular flexibility index (Phi) is 4.06. The van der Waals surface area contributed by atoms with Crippen molar-refractivity contribution in [1.82, 2.24) is 4.90 Å². The number of methoxy groups -OCH3 is 1. The first-order valence-corrected chi connectivity index (χ1v) is 8.86. The van der Waals surface area contributed by atoms with Gasteiger partial charge in [0.05, 0.1) is 24.5 Å². The summed E-state index contributed by atoms with van der Waals surface area (Å²) in [6, 6.07) is 6.70. The number of benzene rings is 1. The van der Waals surface area contributed by atoms with Gasteiger partial charge in [0.2, 0.25) is 11.8 Å². The fraction of sp³-hybridized carbons (Fsp3) is 0.579. The summed E-state index contributed by atoms with van der Waals surface area (Å²) in [4.78, 5) is 26.3. The van der Waals surface area contributed by atoms with E-state index in [1.54, 1.807) is 25.3 Å². The molecule has 7 heteroatoms. The molecule has 6 atom stereocenters. The minimum absolute atomic E-state index is 0.117. The topological polar surface area (TPSA) is 96.3 Å². The van der Waals surface area contributed by atoms with E-state index in [1.807, 2.05) is 6.07 Å². The van der Waals surface area contributed by atoms with Gasteiger partial charge in [0.25, 0.3) is 0 Å². The molecule has 1 aliphatic carbocycles. The van der Waals surface area contributed by atoms with Crippen LogP contribution < -0.4 is 0 Å². The van der Waals surface area contributed by atoms with Gasteiger partial charge in [0.1, 0.15) is 5.75 Å². The highest BCUT2D eigenvalue weighted by Gasteiger charge is 2.66. The highest BCUT2D eigenvalue weighted by molar-refractivity contribution is 6.05. The Bertz CT molecular complexity index is 751. The third-order valence-electron chi connectivity index (χ3n) is 6.19. The molecule has 0 aromatic heterocycles. The minimum atomic E-state index is -1.53. The second-order valence-corrected chi connectivity index (χ2v) is 7.55. The van der Waals surface area contributed by atoms with Gasteiger partial charge in [-0.1, -0.05) is 12.1 Å². The SMILES string of the molecule is COC[C@H]1C[C@@H]2C(=O)N(C)C(=O)[C@@H]2[C@@H]2C[C@@H](c3cccc(O)c3)O[C@]12O. The summed E-state index contributed by atoms with van der Waals surface area (Å²) in [6.07, 6.45) is 0.311. The number of rotatable bonds is 3. The van der Waals surface area contributed by atoms with Crippen molar-refractivity contribution < 1.29 is 29.3 Å². The number of aliphatic hydroxyl groups is 1. The first-order chi connectivity index (χ1) is 12.4. The molecule has 3 fully saturated rings. The number of amides is 2. The molecule has 26 heavy (non-hydrogen) atoms. The number of aromatic hydroxyl groups is 1. The molecule has 2 N–H and O–H groups in total. The highest BCUT2D eigenvalue weighted by atomic mass is 16.6. The predicted molar refractivity (Wildman–Crippen MR) is 89.7 cm³/mol. The van der Waals surface area contributed by atoms with Crippen LogP contribution in [0.2, 0.25) is 0 Å². The number of hydrogen-bond donors (Lipinski definition) is 2. The number of imide groups is 1. The van der Waals surface area contributed by atoms with Crippen LogP contribution in [0.15, 0.2) is 24.3 Å². The van der Waals surface area contributed by atoms with Gasteiger partial charge in [-0.3, -0.25) is 14.5 Å². The second kappa shape index (κ2) is 6.04. The Labute approximate surface area is 151 Å². The number of likely N-dealkylation sites (tertiary alicyclic amines) is 1. The Morgan fingerprint density at radius 3 is 2.77 bits per heavy atom. The summed E-state index contributed by atoms with van der Waals surface area (Å²) in [5.41, 5.74) is 0.741. The standard InChI is InChI=1S/C19H23NO6/c1-20-17(22)13-7-11(9-25-2)19(24)14(16(13)18(20)23)8-15(26-19)10-4-3-5-12(21)6-10/h3-6,11,13-16,21,24H,7-9H2,1-2H3/t11-,13+,14+,15+,16+,19-/m1/s1. The lowest BCUT2D eigenvalue weighted by atomic mass is 9.64. The number of nitrogens with zero attached hydrogens (tertiary/aromatic N) is 1. The smallest absolute Gasteiger partial charge is 0.233 e. The van der Waals surface area contributed by atoms with Gasteiger partial charge >= 0.3 is 0 Å². The molecule has 0 spiro atoms. The third kappa shape index (κ3) is 2.38. The van der Waals surface area contributed by atoms with Gasteiger partial charge < -0.3 is 19.7 Å². The van der Waals surface area contributed by atoms with E-state index in [2.05, 4.69) is 0 Å². The van der Waals surface area contributed by atoms with Crippen molar-refractivity contribution in [2.24, 2.45) is 23.7 Å². The number of phenolic OH excluding ortho intramolecular Hbond substituents is 1. The summed E-state index contributed by atoms with van der Waals surface area (Å²) >= 11 is 0. The fourth-order valence-electron chi connectivity index (χ4n) is 4.97. The van der Waals surface area contributed by atoms with Crippen LogP contribution in [-0.2, 0) is 19.1 Å². The van der Waals surface area contributed by atoms with Crippen LogP contribution in [0.25, 0.3) is 0 Å². The first-order valence-electron chi connectivity index (χ1n) is 8.86. The summed E-state index contributed by atoms with van der Waals surface area (Å²) in [5.74, 6) is -3.76. The monoisotopic (exact) mass is 361 g/mol. The number of phenols is 1. The van der Waals surface area contributed by atoms with Gasteiger partial charge in [0.15, 0.2) is 5.79 Å². The summed E-state index contributed by atoms with van der Waals surface area (Å²) in [6.45, 7) is 0.244. The average Bonchev–Trinajstić information content (AvgIpc) is 3.07. The largest absolute Gasteiger partial charge is 0.508 e. The maximum Gasteiger partial charge on any atom is 0.233 e. The third-order valence-corrected chi connectivity index (χ3v) is 6.19.